The van der Waals surface area contributed by atoms with Gasteiger partial charge in [0.1, 0.15) is 5.69 Å². The molecule has 1 heterocycles. The van der Waals surface area contributed by atoms with Gasteiger partial charge in [0.15, 0.2) is 5.78 Å². The minimum atomic E-state index is -0.451. The monoisotopic (exact) mass is 453 g/mol. The second-order valence-corrected chi connectivity index (χ2v) is 8.11. The van der Waals surface area contributed by atoms with Crippen molar-refractivity contribution in [2.75, 3.05) is 6.61 Å². The second kappa shape index (κ2) is 8.57. The number of hydrogen-bond donors (Lipinski definition) is 1. The molecule has 4 aromatic rings. The highest BCUT2D eigenvalue weighted by Crippen LogP contribution is 2.46. The molecule has 5 heteroatoms. The summed E-state index contributed by atoms with van der Waals surface area (Å²) in [7, 11) is 0. The average molecular weight is 454 g/mol. The topological polar surface area (TPSA) is 59.2 Å². The Morgan fingerprint density at radius 1 is 0.818 bits per heavy atom. The Labute approximate surface area is 196 Å². The van der Waals surface area contributed by atoms with Crippen molar-refractivity contribution in [3.8, 4) is 11.1 Å². The molecular weight excluding hydrogens is 434 g/mol. The third-order valence-electron chi connectivity index (χ3n) is 5.74. The Morgan fingerprint density at radius 2 is 1.48 bits per heavy atom. The van der Waals surface area contributed by atoms with Crippen molar-refractivity contribution in [2.24, 2.45) is 0 Å². The molecule has 162 valence electrons. The normalized spacial score (nSPS) is 12.7. The van der Waals surface area contributed by atoms with E-state index in [2.05, 4.69) is 4.98 Å². The predicted molar refractivity (Wildman–Crippen MR) is 130 cm³/mol. The van der Waals surface area contributed by atoms with Crippen LogP contribution in [0.15, 0.2) is 85.1 Å². The molecule has 0 bridgehead atoms. The van der Waals surface area contributed by atoms with Crippen molar-refractivity contribution in [3.05, 3.63) is 118 Å². The van der Waals surface area contributed by atoms with Crippen molar-refractivity contribution < 1.29 is 14.3 Å². The fraction of sp³-hybridized carbons (Fsp3) is 0.0714. The number of allylic oxidation sites excluding steroid dienone is 1. The number of H-pyrrole nitrogens is 1. The van der Waals surface area contributed by atoms with Gasteiger partial charge in [-0.25, -0.2) is 4.79 Å². The molecule has 4 nitrogen and oxygen atoms in total. The minimum Gasteiger partial charge on any atom is -0.461 e. The summed E-state index contributed by atoms with van der Waals surface area (Å²) in [6, 6.07) is 24.5. The van der Waals surface area contributed by atoms with Crippen LogP contribution < -0.4 is 0 Å². The average Bonchev–Trinajstić information content (AvgIpc) is 3.40. The van der Waals surface area contributed by atoms with Gasteiger partial charge in [-0.1, -0.05) is 78.3 Å². The van der Waals surface area contributed by atoms with E-state index in [0.29, 0.717) is 27.4 Å². The first-order valence-electron chi connectivity index (χ1n) is 10.7. The van der Waals surface area contributed by atoms with Gasteiger partial charge in [-0.05, 0) is 35.7 Å². The lowest BCUT2D eigenvalue weighted by atomic mass is 9.90. The first-order valence-corrected chi connectivity index (χ1v) is 11.1. The molecule has 1 aliphatic rings. The highest BCUT2D eigenvalue weighted by Gasteiger charge is 2.34. The molecule has 0 saturated heterocycles. The highest BCUT2D eigenvalue weighted by atomic mass is 35.5. The standard InChI is InChI=1S/C28H20ClNO3/c1-2-33-28(32)26-23(18-12-14-19(29)15-13-18)22(16-30-26)25-20-10-6-7-11-21(20)27(31)24(25)17-8-4-3-5-9-17/h3-16,30H,2H2,1H3. The van der Waals surface area contributed by atoms with Crippen LogP contribution >= 0.6 is 11.6 Å². The largest absolute Gasteiger partial charge is 0.461 e. The van der Waals surface area contributed by atoms with Crippen LogP contribution in [0.1, 0.15) is 44.5 Å². The van der Waals surface area contributed by atoms with Gasteiger partial charge in [0.25, 0.3) is 0 Å². The molecule has 0 spiro atoms. The van der Waals surface area contributed by atoms with Crippen LogP contribution in [-0.4, -0.2) is 23.3 Å². The quantitative estimate of drug-likeness (QED) is 0.343. The van der Waals surface area contributed by atoms with Gasteiger partial charge < -0.3 is 9.72 Å². The molecule has 0 atom stereocenters. The van der Waals surface area contributed by atoms with Crippen molar-refractivity contribution >= 4 is 34.5 Å². The zero-order chi connectivity index (χ0) is 22.9. The van der Waals surface area contributed by atoms with E-state index in [0.717, 1.165) is 27.8 Å². The summed E-state index contributed by atoms with van der Waals surface area (Å²) in [5.74, 6) is -0.485. The molecule has 1 aliphatic carbocycles. The molecule has 1 N–H and O–H groups in total. The SMILES string of the molecule is CCOC(=O)c1[nH]cc(C2=C(c3ccccc3)C(=O)c3ccccc32)c1-c1ccc(Cl)cc1. The van der Waals surface area contributed by atoms with E-state index in [9.17, 15) is 9.59 Å². The number of carbonyl (C=O) groups is 2. The number of carbonyl (C=O) groups excluding carboxylic acids is 2. The number of ether oxygens (including phenoxy) is 1. The fourth-order valence-corrected chi connectivity index (χ4v) is 4.47. The van der Waals surface area contributed by atoms with E-state index in [1.807, 2.05) is 66.7 Å². The van der Waals surface area contributed by atoms with Gasteiger partial charge in [-0.3, -0.25) is 4.79 Å². The van der Waals surface area contributed by atoms with Crippen LogP contribution in [0.3, 0.4) is 0 Å². The van der Waals surface area contributed by atoms with Gasteiger partial charge in [-0.2, -0.15) is 0 Å². The summed E-state index contributed by atoms with van der Waals surface area (Å²) >= 11 is 6.13. The molecule has 0 unspecified atom stereocenters. The van der Waals surface area contributed by atoms with Gasteiger partial charge >= 0.3 is 5.97 Å². The van der Waals surface area contributed by atoms with E-state index in [4.69, 9.17) is 16.3 Å². The molecule has 0 aliphatic heterocycles. The number of fused-ring (bicyclic) bond motifs is 1. The molecule has 0 saturated carbocycles. The zero-order valence-electron chi connectivity index (χ0n) is 17.9. The summed E-state index contributed by atoms with van der Waals surface area (Å²) in [4.78, 5) is 29.5. The van der Waals surface area contributed by atoms with Crippen LogP contribution in [0, 0.1) is 0 Å². The molecule has 0 fully saturated rings. The van der Waals surface area contributed by atoms with Gasteiger partial charge in [0.05, 0.1) is 6.61 Å². The molecule has 33 heavy (non-hydrogen) atoms. The summed E-state index contributed by atoms with van der Waals surface area (Å²) in [5.41, 5.74) is 6.30. The first-order chi connectivity index (χ1) is 16.1. The summed E-state index contributed by atoms with van der Waals surface area (Å²) in [5, 5.41) is 0.596. The number of rotatable bonds is 5. The highest BCUT2D eigenvalue weighted by molar-refractivity contribution is 6.42. The minimum absolute atomic E-state index is 0.0345. The first kappa shape index (κ1) is 21.0. The van der Waals surface area contributed by atoms with E-state index >= 15 is 0 Å². The maximum Gasteiger partial charge on any atom is 0.355 e. The molecule has 3 aromatic carbocycles. The second-order valence-electron chi connectivity index (χ2n) is 7.67. The van der Waals surface area contributed by atoms with Crippen molar-refractivity contribution in [1.29, 1.82) is 0 Å². The lowest BCUT2D eigenvalue weighted by Crippen LogP contribution is -2.06. The Morgan fingerprint density at radius 3 is 2.18 bits per heavy atom. The zero-order valence-corrected chi connectivity index (χ0v) is 18.6. The maximum absolute atomic E-state index is 13.5. The summed E-state index contributed by atoms with van der Waals surface area (Å²) < 4.78 is 5.31. The fourth-order valence-electron chi connectivity index (χ4n) is 4.34. The lowest BCUT2D eigenvalue weighted by Gasteiger charge is -2.12. The van der Waals surface area contributed by atoms with E-state index in [1.54, 1.807) is 25.3 Å². The predicted octanol–water partition coefficient (Wildman–Crippen LogP) is 6.67. The van der Waals surface area contributed by atoms with Crippen molar-refractivity contribution in [2.45, 2.75) is 6.92 Å². The number of ketones is 1. The Hall–Kier alpha value is -3.89. The summed E-state index contributed by atoms with van der Waals surface area (Å²) in [6.07, 6.45) is 1.78. The van der Waals surface area contributed by atoms with Crippen LogP contribution in [0.5, 0.6) is 0 Å². The van der Waals surface area contributed by atoms with E-state index < -0.39 is 5.97 Å². The summed E-state index contributed by atoms with van der Waals surface area (Å²) in [6.45, 7) is 2.03. The Balaban J connectivity index is 1.83. The molecule has 0 amide bonds. The van der Waals surface area contributed by atoms with Gasteiger partial charge in [0.2, 0.25) is 0 Å². The van der Waals surface area contributed by atoms with Crippen LogP contribution in [0.25, 0.3) is 22.3 Å². The molecular formula is C28H20ClNO3. The van der Waals surface area contributed by atoms with Gasteiger partial charge in [0, 0.05) is 39.1 Å². The third kappa shape index (κ3) is 3.59. The van der Waals surface area contributed by atoms with Crippen molar-refractivity contribution in [3.63, 3.8) is 0 Å². The van der Waals surface area contributed by atoms with E-state index in [-0.39, 0.29) is 12.4 Å². The number of esters is 1. The number of halogens is 1. The molecule has 0 radical (unpaired) electrons. The Bertz CT molecular complexity index is 1400. The number of nitrogens with one attached hydrogen (secondary N) is 1. The number of aromatic amines is 1. The number of benzene rings is 3. The third-order valence-corrected chi connectivity index (χ3v) is 5.99. The van der Waals surface area contributed by atoms with Gasteiger partial charge in [-0.15, -0.1) is 0 Å². The smallest absolute Gasteiger partial charge is 0.355 e. The number of hydrogen-bond acceptors (Lipinski definition) is 3. The number of Topliss-reactive ketones (excluding diaryl/α,β-unsaturated/α-hetero) is 1. The molecule has 5 rings (SSSR count). The lowest BCUT2D eigenvalue weighted by molar-refractivity contribution is 0.0521. The number of aromatic nitrogens is 1. The maximum atomic E-state index is 13.5. The van der Waals surface area contributed by atoms with Crippen LogP contribution in [-0.2, 0) is 4.74 Å². The van der Waals surface area contributed by atoms with Crippen LogP contribution in [0.4, 0.5) is 0 Å². The van der Waals surface area contributed by atoms with E-state index in [1.165, 1.54) is 0 Å². The van der Waals surface area contributed by atoms with Crippen molar-refractivity contribution in [1.82, 2.24) is 4.98 Å². The molecule has 1 aromatic heterocycles. The van der Waals surface area contributed by atoms with Crippen LogP contribution in [0.2, 0.25) is 5.02 Å². The Kier molecular flexibility index (Phi) is 5.45.